The van der Waals surface area contributed by atoms with E-state index in [1.807, 2.05) is 19.9 Å². The Balaban J connectivity index is 2.16. The third kappa shape index (κ3) is 5.83. The lowest BCUT2D eigenvalue weighted by molar-refractivity contribution is -0.135. The van der Waals surface area contributed by atoms with Gasteiger partial charge in [0.2, 0.25) is 0 Å². The predicted molar refractivity (Wildman–Crippen MR) is 107 cm³/mol. The number of carbonyl (C=O) groups excluding carboxylic acids is 2. The molecule has 10 heteroatoms. The van der Waals surface area contributed by atoms with Crippen LogP contribution < -0.4 is 14.8 Å². The highest BCUT2D eigenvalue weighted by molar-refractivity contribution is 9.10. The normalized spacial score (nSPS) is 17.0. The van der Waals surface area contributed by atoms with Crippen molar-refractivity contribution in [2.24, 2.45) is 10.2 Å². The van der Waals surface area contributed by atoms with Crippen LogP contribution in [0, 0.1) is 0 Å². The summed E-state index contributed by atoms with van der Waals surface area (Å²) < 4.78 is 16.3. The number of esters is 1. The predicted octanol–water partition coefficient (Wildman–Crippen LogP) is 2.85. The number of nitrogens with zero attached hydrogens (tertiary/aromatic N) is 2. The van der Waals surface area contributed by atoms with Crippen LogP contribution in [0.3, 0.4) is 0 Å². The second kappa shape index (κ2) is 9.56. The standard InChI is InChI=1S/C17H18BrN3O5S/c1-9(2)26-15-11(18)5-10(6-12(15)24-3)8-19-21-17-20-16(23)13(27-17)7-14(22)25-4/h5-9H,1-4H3,(H,20,21,23)/b13-7+,19-8?. The molecule has 1 aromatic rings. The molecule has 1 amide bonds. The number of thioether (sulfide) groups is 1. The Kier molecular flexibility index (Phi) is 7.43. The van der Waals surface area contributed by atoms with Crippen molar-refractivity contribution in [1.82, 2.24) is 5.32 Å². The van der Waals surface area contributed by atoms with Gasteiger partial charge in [-0.2, -0.15) is 5.10 Å². The SMILES string of the molecule is COC(=O)/C=C1/S/C(=N\N=Cc2cc(Br)c(OC(C)C)c(OC)c2)NC1=O. The van der Waals surface area contributed by atoms with E-state index in [2.05, 4.69) is 36.2 Å². The smallest absolute Gasteiger partial charge is 0.331 e. The zero-order valence-corrected chi connectivity index (χ0v) is 17.5. The number of carbonyl (C=O) groups is 2. The van der Waals surface area contributed by atoms with E-state index in [1.165, 1.54) is 13.3 Å². The number of benzene rings is 1. The summed E-state index contributed by atoms with van der Waals surface area (Å²) in [5.74, 6) is 0.114. The van der Waals surface area contributed by atoms with Crippen molar-refractivity contribution in [2.75, 3.05) is 14.2 Å². The second-order valence-electron chi connectivity index (χ2n) is 5.44. The second-order valence-corrected chi connectivity index (χ2v) is 7.32. The summed E-state index contributed by atoms with van der Waals surface area (Å²) in [5, 5.41) is 10.7. The summed E-state index contributed by atoms with van der Waals surface area (Å²) in [7, 11) is 2.79. The first-order chi connectivity index (χ1) is 12.8. The van der Waals surface area contributed by atoms with E-state index >= 15 is 0 Å². The molecule has 1 aromatic carbocycles. The molecule has 1 aliphatic rings. The summed E-state index contributed by atoms with van der Waals surface area (Å²) in [6.45, 7) is 3.85. The molecule has 1 saturated heterocycles. The zero-order valence-electron chi connectivity index (χ0n) is 15.1. The van der Waals surface area contributed by atoms with Crippen molar-refractivity contribution in [3.63, 3.8) is 0 Å². The Morgan fingerprint density at radius 1 is 1.33 bits per heavy atom. The lowest BCUT2D eigenvalue weighted by atomic mass is 10.2. The molecule has 0 bridgehead atoms. The van der Waals surface area contributed by atoms with Gasteiger partial charge in [-0.3, -0.25) is 10.1 Å². The fraction of sp³-hybridized carbons (Fsp3) is 0.294. The summed E-state index contributed by atoms with van der Waals surface area (Å²) in [5.41, 5.74) is 0.721. The summed E-state index contributed by atoms with van der Waals surface area (Å²) in [6, 6.07) is 3.57. The van der Waals surface area contributed by atoms with Crippen molar-refractivity contribution in [3.8, 4) is 11.5 Å². The van der Waals surface area contributed by atoms with Gasteiger partial charge in [0.15, 0.2) is 16.7 Å². The molecule has 1 aliphatic heterocycles. The number of hydrogen-bond donors (Lipinski definition) is 1. The number of amides is 1. The van der Waals surface area contributed by atoms with Crippen LogP contribution in [0.15, 0.2) is 37.8 Å². The van der Waals surface area contributed by atoms with Crippen LogP contribution in [0.1, 0.15) is 19.4 Å². The molecule has 0 unspecified atom stereocenters. The molecule has 0 aliphatic carbocycles. The van der Waals surface area contributed by atoms with Crippen LogP contribution in [0.4, 0.5) is 0 Å². The maximum Gasteiger partial charge on any atom is 0.331 e. The first kappa shape index (κ1) is 21.0. The van der Waals surface area contributed by atoms with Crippen LogP contribution in [-0.4, -0.2) is 43.6 Å². The first-order valence-electron chi connectivity index (χ1n) is 7.78. The van der Waals surface area contributed by atoms with Crippen LogP contribution in [0.25, 0.3) is 0 Å². The Morgan fingerprint density at radius 3 is 2.70 bits per heavy atom. The van der Waals surface area contributed by atoms with Gasteiger partial charge in [0.05, 0.1) is 35.9 Å². The highest BCUT2D eigenvalue weighted by Gasteiger charge is 2.25. The minimum absolute atomic E-state index is 0.00337. The average Bonchev–Trinajstić information content (AvgIpc) is 2.95. The maximum atomic E-state index is 11.7. The average molecular weight is 456 g/mol. The van der Waals surface area contributed by atoms with Crippen molar-refractivity contribution in [2.45, 2.75) is 20.0 Å². The van der Waals surface area contributed by atoms with Gasteiger partial charge in [-0.05, 0) is 59.2 Å². The van der Waals surface area contributed by atoms with Crippen molar-refractivity contribution in [3.05, 3.63) is 33.2 Å². The van der Waals surface area contributed by atoms with E-state index in [1.54, 1.807) is 13.2 Å². The summed E-state index contributed by atoms with van der Waals surface area (Å²) >= 11 is 4.46. The third-order valence-electron chi connectivity index (χ3n) is 3.06. The number of halogens is 1. The Labute approximate surface area is 169 Å². The van der Waals surface area contributed by atoms with Crippen molar-refractivity contribution >= 4 is 51.0 Å². The molecule has 1 N–H and O–H groups in total. The molecular weight excluding hydrogens is 438 g/mol. The molecular formula is C17H18BrN3O5S. The van der Waals surface area contributed by atoms with Crippen LogP contribution >= 0.6 is 27.7 Å². The minimum atomic E-state index is -0.613. The van der Waals surface area contributed by atoms with E-state index in [4.69, 9.17) is 9.47 Å². The Bertz CT molecular complexity index is 836. The number of hydrogen-bond acceptors (Lipinski definition) is 8. The number of ether oxygens (including phenoxy) is 3. The van der Waals surface area contributed by atoms with Crippen molar-refractivity contribution in [1.29, 1.82) is 0 Å². The van der Waals surface area contributed by atoms with Crippen LogP contribution in [0.5, 0.6) is 11.5 Å². The molecule has 0 radical (unpaired) electrons. The van der Waals surface area contributed by atoms with E-state index < -0.39 is 11.9 Å². The first-order valence-corrected chi connectivity index (χ1v) is 9.39. The Hall–Kier alpha value is -2.33. The van der Waals surface area contributed by atoms with E-state index in [0.29, 0.717) is 11.5 Å². The zero-order chi connectivity index (χ0) is 20.0. The van der Waals surface area contributed by atoms with Gasteiger partial charge in [-0.15, -0.1) is 5.10 Å². The largest absolute Gasteiger partial charge is 0.493 e. The minimum Gasteiger partial charge on any atom is -0.493 e. The molecule has 2 rings (SSSR count). The summed E-state index contributed by atoms with van der Waals surface area (Å²) in [4.78, 5) is 23.2. The lowest BCUT2D eigenvalue weighted by Gasteiger charge is -2.15. The van der Waals surface area contributed by atoms with E-state index in [-0.39, 0.29) is 16.2 Å². The topological polar surface area (TPSA) is 98.6 Å². The highest BCUT2D eigenvalue weighted by atomic mass is 79.9. The van der Waals surface area contributed by atoms with Gasteiger partial charge in [0.25, 0.3) is 5.91 Å². The fourth-order valence-corrected chi connectivity index (χ4v) is 3.25. The molecule has 0 spiro atoms. The molecule has 0 saturated carbocycles. The molecule has 8 nitrogen and oxygen atoms in total. The van der Waals surface area contributed by atoms with Gasteiger partial charge in [-0.25, -0.2) is 4.79 Å². The van der Waals surface area contributed by atoms with Crippen LogP contribution in [0.2, 0.25) is 0 Å². The van der Waals surface area contributed by atoms with E-state index in [0.717, 1.165) is 27.9 Å². The van der Waals surface area contributed by atoms with Gasteiger partial charge >= 0.3 is 5.97 Å². The van der Waals surface area contributed by atoms with Gasteiger partial charge in [0, 0.05) is 6.08 Å². The molecule has 1 fully saturated rings. The third-order valence-corrected chi connectivity index (χ3v) is 4.55. The summed E-state index contributed by atoms with van der Waals surface area (Å²) in [6.07, 6.45) is 2.60. The molecule has 144 valence electrons. The lowest BCUT2D eigenvalue weighted by Crippen LogP contribution is -2.19. The fourth-order valence-electron chi connectivity index (χ4n) is 1.95. The van der Waals surface area contributed by atoms with E-state index in [9.17, 15) is 9.59 Å². The number of methoxy groups -OCH3 is 2. The quantitative estimate of drug-likeness (QED) is 0.306. The monoisotopic (exact) mass is 455 g/mol. The van der Waals surface area contributed by atoms with Crippen molar-refractivity contribution < 1.29 is 23.8 Å². The number of nitrogens with one attached hydrogen (secondary N) is 1. The number of amidine groups is 1. The maximum absolute atomic E-state index is 11.7. The van der Waals surface area contributed by atoms with Crippen LogP contribution in [-0.2, 0) is 14.3 Å². The Morgan fingerprint density at radius 2 is 2.07 bits per heavy atom. The molecule has 1 heterocycles. The van der Waals surface area contributed by atoms with Gasteiger partial charge in [-0.1, -0.05) is 0 Å². The highest BCUT2D eigenvalue weighted by Crippen LogP contribution is 2.37. The molecule has 0 aromatic heterocycles. The number of rotatable bonds is 6. The molecule has 27 heavy (non-hydrogen) atoms. The van der Waals surface area contributed by atoms with Gasteiger partial charge < -0.3 is 14.2 Å². The van der Waals surface area contributed by atoms with Gasteiger partial charge in [0.1, 0.15) is 0 Å². The molecule has 0 atom stereocenters.